The van der Waals surface area contributed by atoms with Crippen molar-refractivity contribution in [2.75, 3.05) is 18.4 Å². The van der Waals surface area contributed by atoms with Crippen molar-refractivity contribution < 1.29 is 14.1 Å². The average Bonchev–Trinajstić information content (AvgIpc) is 3.20. The van der Waals surface area contributed by atoms with Gasteiger partial charge < -0.3 is 10.4 Å². The lowest BCUT2D eigenvalue weighted by atomic mass is 9.73. The molecule has 2 aromatic rings. The van der Waals surface area contributed by atoms with Crippen molar-refractivity contribution in [3.63, 3.8) is 0 Å². The Balaban J connectivity index is 1.64. The molecule has 0 spiro atoms. The SMILES string of the molecule is CC1(C)Cc2cc(C(=O)O)ccc2NC1c1cccc(S(=O)N2CCCC2)c1. The van der Waals surface area contributed by atoms with Crippen LogP contribution in [0.3, 0.4) is 0 Å². The number of nitrogens with zero attached hydrogens (tertiary/aromatic N) is 1. The first kappa shape index (κ1) is 19.2. The van der Waals surface area contributed by atoms with Gasteiger partial charge in [0, 0.05) is 18.8 Å². The Morgan fingerprint density at radius 1 is 1.18 bits per heavy atom. The summed E-state index contributed by atoms with van der Waals surface area (Å²) in [5, 5.41) is 12.9. The van der Waals surface area contributed by atoms with Gasteiger partial charge in [-0.15, -0.1) is 0 Å². The van der Waals surface area contributed by atoms with Crippen LogP contribution in [0.4, 0.5) is 5.69 Å². The van der Waals surface area contributed by atoms with Gasteiger partial charge >= 0.3 is 5.97 Å². The van der Waals surface area contributed by atoms with Gasteiger partial charge in [-0.2, -0.15) is 0 Å². The van der Waals surface area contributed by atoms with Crippen LogP contribution in [0.2, 0.25) is 0 Å². The zero-order valence-electron chi connectivity index (χ0n) is 16.3. The maximum atomic E-state index is 12.9. The molecule has 2 aliphatic heterocycles. The number of carboxylic acid groups (broad SMARTS) is 1. The van der Waals surface area contributed by atoms with Crippen LogP contribution in [-0.4, -0.2) is 32.7 Å². The normalized spacial score (nSPS) is 22.3. The van der Waals surface area contributed by atoms with E-state index in [0.717, 1.165) is 54.1 Å². The molecule has 5 nitrogen and oxygen atoms in total. The van der Waals surface area contributed by atoms with Gasteiger partial charge in [0.05, 0.1) is 16.5 Å². The first-order valence-corrected chi connectivity index (χ1v) is 10.9. The average molecular weight is 399 g/mol. The van der Waals surface area contributed by atoms with Crippen molar-refractivity contribution in [2.24, 2.45) is 5.41 Å². The van der Waals surface area contributed by atoms with E-state index in [0.29, 0.717) is 5.56 Å². The molecule has 2 unspecified atom stereocenters. The lowest BCUT2D eigenvalue weighted by molar-refractivity contribution is 0.0696. The van der Waals surface area contributed by atoms with Crippen LogP contribution in [0.15, 0.2) is 47.4 Å². The third-order valence-electron chi connectivity index (χ3n) is 5.77. The molecule has 2 heterocycles. The number of nitrogens with one attached hydrogen (secondary N) is 1. The second-order valence-electron chi connectivity index (χ2n) is 8.38. The van der Waals surface area contributed by atoms with Crippen molar-refractivity contribution in [1.29, 1.82) is 0 Å². The van der Waals surface area contributed by atoms with E-state index < -0.39 is 17.0 Å². The molecule has 0 saturated carbocycles. The standard InChI is InChI=1S/C22H26N2O3S/c1-22(2)14-17-12-16(21(25)26)8-9-19(17)23-20(22)15-6-5-7-18(13-15)28(27)24-10-3-4-11-24/h5-9,12-13,20,23H,3-4,10-11,14H2,1-2H3,(H,25,26). The predicted octanol–water partition coefficient (Wildman–Crippen LogP) is 4.24. The first-order chi connectivity index (χ1) is 13.3. The summed E-state index contributed by atoms with van der Waals surface area (Å²) in [6.45, 7) is 6.16. The Kier molecular flexibility index (Phi) is 5.02. The number of hydrogen-bond donors (Lipinski definition) is 2. The molecule has 148 valence electrons. The predicted molar refractivity (Wildman–Crippen MR) is 111 cm³/mol. The van der Waals surface area contributed by atoms with Crippen LogP contribution in [-0.2, 0) is 17.4 Å². The van der Waals surface area contributed by atoms with E-state index in [1.165, 1.54) is 0 Å². The van der Waals surface area contributed by atoms with Crippen molar-refractivity contribution in [1.82, 2.24) is 4.31 Å². The van der Waals surface area contributed by atoms with Gasteiger partial charge in [-0.1, -0.05) is 26.0 Å². The summed E-state index contributed by atoms with van der Waals surface area (Å²) < 4.78 is 14.9. The van der Waals surface area contributed by atoms with E-state index in [2.05, 4.69) is 31.3 Å². The van der Waals surface area contributed by atoms with Crippen LogP contribution in [0.25, 0.3) is 0 Å². The van der Waals surface area contributed by atoms with Crippen molar-refractivity contribution in [3.05, 3.63) is 59.2 Å². The summed E-state index contributed by atoms with van der Waals surface area (Å²) >= 11 is 0. The smallest absolute Gasteiger partial charge is 0.335 e. The highest BCUT2D eigenvalue weighted by Gasteiger charge is 2.36. The van der Waals surface area contributed by atoms with Gasteiger partial charge in [0.15, 0.2) is 0 Å². The van der Waals surface area contributed by atoms with E-state index >= 15 is 0 Å². The quantitative estimate of drug-likeness (QED) is 0.808. The van der Waals surface area contributed by atoms with Gasteiger partial charge in [0.25, 0.3) is 0 Å². The third kappa shape index (κ3) is 3.59. The minimum Gasteiger partial charge on any atom is -0.478 e. The molecule has 4 rings (SSSR count). The lowest BCUT2D eigenvalue weighted by Gasteiger charge is -2.41. The zero-order chi connectivity index (χ0) is 19.9. The minimum absolute atomic E-state index is 0.0613. The Morgan fingerprint density at radius 2 is 1.93 bits per heavy atom. The number of fused-ring (bicyclic) bond motifs is 1. The highest BCUT2D eigenvalue weighted by Crippen LogP contribution is 2.45. The lowest BCUT2D eigenvalue weighted by Crippen LogP contribution is -2.35. The summed E-state index contributed by atoms with van der Waals surface area (Å²) in [4.78, 5) is 12.1. The molecule has 2 aromatic carbocycles. The fourth-order valence-electron chi connectivity index (χ4n) is 4.30. The van der Waals surface area contributed by atoms with Crippen LogP contribution in [0.1, 0.15) is 54.2 Å². The van der Waals surface area contributed by atoms with Gasteiger partial charge in [-0.05, 0) is 66.1 Å². The summed E-state index contributed by atoms with van der Waals surface area (Å²) in [5.41, 5.74) is 3.32. The van der Waals surface area contributed by atoms with E-state index in [1.54, 1.807) is 12.1 Å². The van der Waals surface area contributed by atoms with E-state index in [9.17, 15) is 14.1 Å². The summed E-state index contributed by atoms with van der Waals surface area (Å²) in [6, 6.07) is 13.4. The Bertz CT molecular complexity index is 935. The summed E-state index contributed by atoms with van der Waals surface area (Å²) in [5.74, 6) is -0.903. The monoisotopic (exact) mass is 398 g/mol. The molecule has 2 atom stereocenters. The molecule has 1 fully saturated rings. The zero-order valence-corrected chi connectivity index (χ0v) is 17.1. The van der Waals surface area contributed by atoms with Crippen molar-refractivity contribution in [2.45, 2.75) is 44.0 Å². The van der Waals surface area contributed by atoms with Gasteiger partial charge in [0.1, 0.15) is 11.0 Å². The molecule has 0 amide bonds. The minimum atomic E-state index is -1.11. The number of carboxylic acids is 1. The van der Waals surface area contributed by atoms with Gasteiger partial charge in [-0.3, -0.25) is 0 Å². The Hall–Kier alpha value is -2.18. The number of rotatable bonds is 4. The maximum absolute atomic E-state index is 12.9. The second-order valence-corrected chi connectivity index (χ2v) is 9.86. The number of benzene rings is 2. The van der Waals surface area contributed by atoms with E-state index in [-0.39, 0.29) is 11.5 Å². The topological polar surface area (TPSA) is 69.6 Å². The summed E-state index contributed by atoms with van der Waals surface area (Å²) in [7, 11) is -1.11. The van der Waals surface area contributed by atoms with Gasteiger partial charge in [0.2, 0.25) is 0 Å². The Labute approximate surface area is 168 Å². The fourth-order valence-corrected chi connectivity index (χ4v) is 5.62. The van der Waals surface area contributed by atoms with E-state index in [4.69, 9.17) is 0 Å². The number of aromatic carboxylic acids is 1. The molecule has 1 saturated heterocycles. The molecule has 0 radical (unpaired) electrons. The highest BCUT2D eigenvalue weighted by molar-refractivity contribution is 7.82. The molecule has 2 N–H and O–H groups in total. The fraction of sp³-hybridized carbons (Fsp3) is 0.409. The number of hydrogen-bond acceptors (Lipinski definition) is 3. The molecule has 0 bridgehead atoms. The highest BCUT2D eigenvalue weighted by atomic mass is 32.2. The molecule has 2 aliphatic rings. The molecular formula is C22H26N2O3S. The summed E-state index contributed by atoms with van der Waals surface area (Å²) in [6.07, 6.45) is 3.00. The van der Waals surface area contributed by atoms with Crippen LogP contribution < -0.4 is 5.32 Å². The molecule has 28 heavy (non-hydrogen) atoms. The third-order valence-corrected chi connectivity index (χ3v) is 7.26. The molecule has 6 heteroatoms. The van der Waals surface area contributed by atoms with Crippen LogP contribution in [0, 0.1) is 5.41 Å². The first-order valence-electron chi connectivity index (χ1n) is 9.75. The maximum Gasteiger partial charge on any atom is 0.335 e. The number of anilines is 1. The van der Waals surface area contributed by atoms with Crippen molar-refractivity contribution in [3.8, 4) is 0 Å². The number of carbonyl (C=O) groups is 1. The van der Waals surface area contributed by atoms with Gasteiger partial charge in [-0.25, -0.2) is 13.3 Å². The Morgan fingerprint density at radius 3 is 2.64 bits per heavy atom. The molecule has 0 aromatic heterocycles. The van der Waals surface area contributed by atoms with E-state index in [1.807, 2.05) is 22.5 Å². The van der Waals surface area contributed by atoms with Crippen molar-refractivity contribution >= 4 is 22.6 Å². The van der Waals surface area contributed by atoms with Crippen LogP contribution in [0.5, 0.6) is 0 Å². The molecular weight excluding hydrogens is 372 g/mol. The largest absolute Gasteiger partial charge is 0.478 e. The van der Waals surface area contributed by atoms with Crippen LogP contribution >= 0.6 is 0 Å². The molecule has 0 aliphatic carbocycles. The second kappa shape index (κ2) is 7.33.